The molecule has 27 heavy (non-hydrogen) atoms. The predicted octanol–water partition coefficient (Wildman–Crippen LogP) is 3.83. The Morgan fingerprint density at radius 1 is 1.11 bits per heavy atom. The minimum atomic E-state index is -0.127. The lowest BCUT2D eigenvalue weighted by atomic mass is 10.1. The van der Waals surface area contributed by atoms with Crippen LogP contribution < -0.4 is 10.2 Å². The molecule has 4 rings (SSSR count). The van der Waals surface area contributed by atoms with Crippen molar-refractivity contribution in [2.24, 2.45) is 7.05 Å². The number of fused-ring (bicyclic) bond motifs is 1. The van der Waals surface area contributed by atoms with E-state index in [-0.39, 0.29) is 5.91 Å². The number of nitrogens with zero attached hydrogens (tertiary/aromatic N) is 4. The van der Waals surface area contributed by atoms with Gasteiger partial charge in [-0.05, 0) is 57.4 Å². The third-order valence-corrected chi connectivity index (χ3v) is 5.17. The van der Waals surface area contributed by atoms with E-state index in [1.54, 1.807) is 4.68 Å². The molecule has 6 heteroatoms. The molecule has 0 bridgehead atoms. The van der Waals surface area contributed by atoms with Gasteiger partial charge in [-0.3, -0.25) is 9.48 Å². The first-order chi connectivity index (χ1) is 13.0. The van der Waals surface area contributed by atoms with Crippen molar-refractivity contribution >= 4 is 28.3 Å². The van der Waals surface area contributed by atoms with Crippen LogP contribution in [0.25, 0.3) is 11.0 Å². The van der Waals surface area contributed by atoms with Crippen LogP contribution in [0, 0.1) is 13.8 Å². The topological polar surface area (TPSA) is 63.1 Å². The summed E-state index contributed by atoms with van der Waals surface area (Å²) in [5, 5.41) is 8.30. The van der Waals surface area contributed by atoms with E-state index in [9.17, 15) is 4.79 Å². The maximum atomic E-state index is 13.0. The van der Waals surface area contributed by atoms with Gasteiger partial charge in [0.15, 0.2) is 5.65 Å². The van der Waals surface area contributed by atoms with E-state index in [1.807, 2.05) is 39.1 Å². The molecule has 0 saturated carbocycles. The SMILES string of the molecule is Cc1cc(C(=O)Nc2cccc(N3CCCCC3)c2)c2c(C)nn(C)c2n1. The first-order valence-electron chi connectivity index (χ1n) is 9.50. The van der Waals surface area contributed by atoms with Crippen LogP contribution in [0.2, 0.25) is 0 Å². The number of carbonyl (C=O) groups excluding carboxylic acids is 1. The monoisotopic (exact) mass is 363 g/mol. The first-order valence-corrected chi connectivity index (χ1v) is 9.50. The zero-order valence-corrected chi connectivity index (χ0v) is 16.1. The van der Waals surface area contributed by atoms with Gasteiger partial charge in [0, 0.05) is 37.2 Å². The van der Waals surface area contributed by atoms with E-state index in [4.69, 9.17) is 0 Å². The van der Waals surface area contributed by atoms with E-state index >= 15 is 0 Å². The molecular weight excluding hydrogens is 338 g/mol. The van der Waals surface area contributed by atoms with Crippen LogP contribution in [0.5, 0.6) is 0 Å². The van der Waals surface area contributed by atoms with Crippen molar-refractivity contribution in [2.75, 3.05) is 23.3 Å². The molecule has 1 aromatic carbocycles. The second kappa shape index (κ2) is 7.02. The van der Waals surface area contributed by atoms with Crippen molar-refractivity contribution in [3.63, 3.8) is 0 Å². The van der Waals surface area contributed by atoms with Crippen LogP contribution in [0.1, 0.15) is 41.0 Å². The standard InChI is InChI=1S/C21H25N5O/c1-14-12-18(19-15(2)24-25(3)20(19)22-14)21(27)23-16-8-7-9-17(13-16)26-10-5-4-6-11-26/h7-9,12-13H,4-6,10-11H2,1-3H3,(H,23,27). The molecule has 0 unspecified atom stereocenters. The molecule has 1 saturated heterocycles. The lowest BCUT2D eigenvalue weighted by Crippen LogP contribution is -2.29. The number of rotatable bonds is 3. The predicted molar refractivity (Wildman–Crippen MR) is 108 cm³/mol. The van der Waals surface area contributed by atoms with Crippen molar-refractivity contribution in [1.29, 1.82) is 0 Å². The molecule has 140 valence electrons. The minimum Gasteiger partial charge on any atom is -0.371 e. The fourth-order valence-corrected chi connectivity index (χ4v) is 3.88. The van der Waals surface area contributed by atoms with Gasteiger partial charge in [0.1, 0.15) is 0 Å². The molecule has 0 radical (unpaired) electrons. The maximum Gasteiger partial charge on any atom is 0.256 e. The Morgan fingerprint density at radius 3 is 2.67 bits per heavy atom. The fourth-order valence-electron chi connectivity index (χ4n) is 3.88. The third-order valence-electron chi connectivity index (χ3n) is 5.17. The highest BCUT2D eigenvalue weighted by molar-refractivity contribution is 6.12. The number of amides is 1. The van der Waals surface area contributed by atoms with Crippen molar-refractivity contribution in [3.05, 3.63) is 47.3 Å². The molecule has 1 aliphatic heterocycles. The first kappa shape index (κ1) is 17.5. The maximum absolute atomic E-state index is 13.0. The van der Waals surface area contributed by atoms with Crippen molar-refractivity contribution < 1.29 is 4.79 Å². The van der Waals surface area contributed by atoms with Gasteiger partial charge in [0.25, 0.3) is 5.91 Å². The molecule has 2 aromatic heterocycles. The highest BCUT2D eigenvalue weighted by atomic mass is 16.1. The van der Waals surface area contributed by atoms with Crippen LogP contribution in [0.3, 0.4) is 0 Å². The van der Waals surface area contributed by atoms with E-state index in [0.717, 1.165) is 41.2 Å². The summed E-state index contributed by atoms with van der Waals surface area (Å²) in [4.78, 5) is 20.0. The normalized spacial score (nSPS) is 14.6. The van der Waals surface area contributed by atoms with E-state index < -0.39 is 0 Å². The van der Waals surface area contributed by atoms with Gasteiger partial charge >= 0.3 is 0 Å². The van der Waals surface area contributed by atoms with Gasteiger partial charge in [-0.15, -0.1) is 0 Å². The van der Waals surface area contributed by atoms with Gasteiger partial charge in [-0.2, -0.15) is 5.10 Å². The molecular formula is C21H25N5O. The van der Waals surface area contributed by atoms with Gasteiger partial charge in [-0.1, -0.05) is 6.07 Å². The minimum absolute atomic E-state index is 0.127. The Morgan fingerprint density at radius 2 is 1.89 bits per heavy atom. The van der Waals surface area contributed by atoms with Gasteiger partial charge in [-0.25, -0.2) is 4.98 Å². The van der Waals surface area contributed by atoms with Crippen LogP contribution in [0.4, 0.5) is 11.4 Å². The summed E-state index contributed by atoms with van der Waals surface area (Å²) in [5.74, 6) is -0.127. The molecule has 3 aromatic rings. The highest BCUT2D eigenvalue weighted by Gasteiger charge is 2.18. The quantitative estimate of drug-likeness (QED) is 0.768. The molecule has 1 amide bonds. The van der Waals surface area contributed by atoms with E-state index in [1.165, 1.54) is 24.9 Å². The lowest BCUT2D eigenvalue weighted by Gasteiger charge is -2.29. The Bertz CT molecular complexity index is 1000. The molecule has 1 aliphatic rings. The fraction of sp³-hybridized carbons (Fsp3) is 0.381. The lowest BCUT2D eigenvalue weighted by molar-refractivity contribution is 0.102. The summed E-state index contributed by atoms with van der Waals surface area (Å²) < 4.78 is 1.73. The number of piperidine rings is 1. The summed E-state index contributed by atoms with van der Waals surface area (Å²) in [7, 11) is 1.85. The Hall–Kier alpha value is -2.89. The molecule has 1 fully saturated rings. The zero-order chi connectivity index (χ0) is 19.0. The summed E-state index contributed by atoms with van der Waals surface area (Å²) in [5.41, 5.74) is 4.95. The number of hydrogen-bond donors (Lipinski definition) is 1. The Kier molecular flexibility index (Phi) is 4.56. The van der Waals surface area contributed by atoms with Crippen LogP contribution >= 0.6 is 0 Å². The zero-order valence-electron chi connectivity index (χ0n) is 16.1. The number of pyridine rings is 1. The summed E-state index contributed by atoms with van der Waals surface area (Å²) >= 11 is 0. The van der Waals surface area contributed by atoms with Crippen molar-refractivity contribution in [3.8, 4) is 0 Å². The van der Waals surface area contributed by atoms with Gasteiger partial charge in [0.05, 0.1) is 16.6 Å². The van der Waals surface area contributed by atoms with E-state index in [2.05, 4.69) is 32.4 Å². The van der Waals surface area contributed by atoms with Crippen LogP contribution in [0.15, 0.2) is 30.3 Å². The largest absolute Gasteiger partial charge is 0.371 e. The number of carbonyl (C=O) groups is 1. The number of benzene rings is 1. The Labute approximate surface area is 159 Å². The van der Waals surface area contributed by atoms with Crippen molar-refractivity contribution in [2.45, 2.75) is 33.1 Å². The summed E-state index contributed by atoms with van der Waals surface area (Å²) in [6.45, 7) is 5.97. The number of nitrogens with one attached hydrogen (secondary N) is 1. The highest BCUT2D eigenvalue weighted by Crippen LogP contribution is 2.25. The van der Waals surface area contributed by atoms with Gasteiger partial charge < -0.3 is 10.2 Å². The molecule has 6 nitrogen and oxygen atoms in total. The number of hydrogen-bond acceptors (Lipinski definition) is 4. The molecule has 0 aliphatic carbocycles. The summed E-state index contributed by atoms with van der Waals surface area (Å²) in [6.07, 6.45) is 3.76. The van der Waals surface area contributed by atoms with E-state index in [0.29, 0.717) is 5.56 Å². The Balaban J connectivity index is 1.64. The van der Waals surface area contributed by atoms with Crippen molar-refractivity contribution in [1.82, 2.24) is 14.8 Å². The number of aryl methyl sites for hydroxylation is 3. The molecule has 3 heterocycles. The summed E-state index contributed by atoms with van der Waals surface area (Å²) in [6, 6.07) is 9.95. The third kappa shape index (κ3) is 3.39. The molecule has 0 spiro atoms. The number of aromatic nitrogens is 3. The number of anilines is 2. The van der Waals surface area contributed by atoms with Gasteiger partial charge in [0.2, 0.25) is 0 Å². The second-order valence-corrected chi connectivity index (χ2v) is 7.27. The van der Waals surface area contributed by atoms with Crippen LogP contribution in [-0.4, -0.2) is 33.8 Å². The average molecular weight is 363 g/mol. The molecule has 1 N–H and O–H groups in total. The average Bonchev–Trinajstić information content (AvgIpc) is 2.95. The van der Waals surface area contributed by atoms with Crippen LogP contribution in [-0.2, 0) is 7.05 Å². The molecule has 0 atom stereocenters. The second-order valence-electron chi connectivity index (χ2n) is 7.27. The smallest absolute Gasteiger partial charge is 0.256 e.